The van der Waals surface area contributed by atoms with Crippen LogP contribution in [0.5, 0.6) is 17.2 Å². The summed E-state index contributed by atoms with van der Waals surface area (Å²) in [5.74, 6) is 0.0505. The highest BCUT2D eigenvalue weighted by molar-refractivity contribution is 8.93. The Hall–Kier alpha value is -1.43. The van der Waals surface area contributed by atoms with E-state index in [-0.39, 0.29) is 46.1 Å². The average molecular weight is 387 g/mol. The normalized spacial score (nSPS) is 20.6. The molecular weight excluding hydrogens is 370 g/mol. The van der Waals surface area contributed by atoms with Gasteiger partial charge in [0.15, 0.2) is 11.5 Å². The third-order valence-electron chi connectivity index (χ3n) is 4.05. The summed E-state index contributed by atoms with van der Waals surface area (Å²) in [5, 5.41) is 32.6. The molecule has 0 spiro atoms. The van der Waals surface area contributed by atoms with E-state index in [0.717, 1.165) is 24.2 Å². The van der Waals surface area contributed by atoms with Crippen molar-refractivity contribution in [2.24, 2.45) is 0 Å². The number of halogens is 2. The number of aromatic hydroxyl groups is 3. The van der Waals surface area contributed by atoms with Crippen LogP contribution in [0.25, 0.3) is 0 Å². The second kappa shape index (κ2) is 6.77. The summed E-state index contributed by atoms with van der Waals surface area (Å²) in [5.41, 5.74) is 1.82. The predicted octanol–water partition coefficient (Wildman–Crippen LogP) is 3.51. The molecule has 22 heavy (non-hydrogen) atoms. The van der Waals surface area contributed by atoms with Gasteiger partial charge in [0.2, 0.25) is 0 Å². The van der Waals surface area contributed by atoms with E-state index in [1.165, 1.54) is 6.07 Å². The van der Waals surface area contributed by atoms with Crippen molar-refractivity contribution >= 4 is 28.6 Å². The molecule has 1 aliphatic heterocycles. The van der Waals surface area contributed by atoms with E-state index >= 15 is 0 Å². The largest absolute Gasteiger partial charge is 0.506 e. The molecule has 1 aliphatic rings. The van der Waals surface area contributed by atoms with Crippen molar-refractivity contribution in [2.75, 3.05) is 13.1 Å². The van der Waals surface area contributed by atoms with Crippen LogP contribution >= 0.6 is 28.6 Å². The minimum Gasteiger partial charge on any atom is -0.506 e. The molecule has 1 saturated heterocycles. The molecule has 0 saturated carbocycles. The minimum atomic E-state index is -0.128. The Morgan fingerprint density at radius 2 is 1.64 bits per heavy atom. The van der Waals surface area contributed by atoms with E-state index in [1.54, 1.807) is 24.3 Å². The SMILES string of the molecule is Br.Oc1ccc(C2CNCC2c2cccc(O)c2Cl)cc1O. The quantitative estimate of drug-likeness (QED) is 0.596. The van der Waals surface area contributed by atoms with Gasteiger partial charge in [-0.05, 0) is 29.3 Å². The van der Waals surface area contributed by atoms with Gasteiger partial charge in [-0.3, -0.25) is 0 Å². The molecule has 118 valence electrons. The first-order valence-corrected chi connectivity index (χ1v) is 7.15. The molecule has 2 aromatic carbocycles. The fourth-order valence-electron chi connectivity index (χ4n) is 2.95. The average Bonchev–Trinajstić information content (AvgIpc) is 2.94. The molecule has 2 unspecified atom stereocenters. The first-order valence-electron chi connectivity index (χ1n) is 6.78. The van der Waals surface area contributed by atoms with Gasteiger partial charge in [-0.2, -0.15) is 0 Å². The Bertz CT molecular complexity index is 680. The maximum absolute atomic E-state index is 9.77. The van der Waals surface area contributed by atoms with E-state index in [4.69, 9.17) is 11.6 Å². The number of hydrogen-bond donors (Lipinski definition) is 4. The van der Waals surface area contributed by atoms with Crippen molar-refractivity contribution in [1.82, 2.24) is 5.32 Å². The zero-order valence-corrected chi connectivity index (χ0v) is 14.1. The van der Waals surface area contributed by atoms with Gasteiger partial charge in [-0.15, -0.1) is 17.0 Å². The molecule has 1 fully saturated rings. The van der Waals surface area contributed by atoms with Crippen molar-refractivity contribution in [3.63, 3.8) is 0 Å². The van der Waals surface area contributed by atoms with Gasteiger partial charge in [-0.25, -0.2) is 0 Å². The van der Waals surface area contributed by atoms with E-state index in [0.29, 0.717) is 5.02 Å². The zero-order valence-electron chi connectivity index (χ0n) is 11.7. The van der Waals surface area contributed by atoms with E-state index < -0.39 is 0 Å². The lowest BCUT2D eigenvalue weighted by Gasteiger charge is -2.21. The third-order valence-corrected chi connectivity index (χ3v) is 4.46. The summed E-state index contributed by atoms with van der Waals surface area (Å²) in [6.45, 7) is 1.50. The van der Waals surface area contributed by atoms with E-state index in [9.17, 15) is 15.3 Å². The molecule has 0 bridgehead atoms. The molecule has 3 rings (SSSR count). The molecule has 2 aromatic rings. The first-order chi connectivity index (χ1) is 10.1. The Morgan fingerprint density at radius 1 is 0.909 bits per heavy atom. The van der Waals surface area contributed by atoms with E-state index in [2.05, 4.69) is 5.32 Å². The predicted molar refractivity (Wildman–Crippen MR) is 91.6 cm³/mol. The number of rotatable bonds is 2. The highest BCUT2D eigenvalue weighted by atomic mass is 79.9. The van der Waals surface area contributed by atoms with Gasteiger partial charge in [0.1, 0.15) is 5.75 Å². The Labute approximate surface area is 144 Å². The maximum Gasteiger partial charge on any atom is 0.157 e. The van der Waals surface area contributed by atoms with Crippen LogP contribution < -0.4 is 5.32 Å². The topological polar surface area (TPSA) is 72.7 Å². The fraction of sp³-hybridized carbons (Fsp3) is 0.250. The smallest absolute Gasteiger partial charge is 0.157 e. The molecular formula is C16H17BrClNO3. The van der Waals surface area contributed by atoms with Crippen molar-refractivity contribution in [3.05, 3.63) is 52.5 Å². The van der Waals surface area contributed by atoms with Crippen LogP contribution in [0.2, 0.25) is 5.02 Å². The lowest BCUT2D eigenvalue weighted by atomic mass is 9.84. The molecule has 4 N–H and O–H groups in total. The summed E-state index contributed by atoms with van der Waals surface area (Å²) >= 11 is 6.22. The summed E-state index contributed by atoms with van der Waals surface area (Å²) in [6.07, 6.45) is 0. The van der Waals surface area contributed by atoms with Gasteiger partial charge < -0.3 is 20.6 Å². The third kappa shape index (κ3) is 3.02. The highest BCUT2D eigenvalue weighted by Crippen LogP contribution is 2.42. The van der Waals surface area contributed by atoms with Gasteiger partial charge >= 0.3 is 0 Å². The van der Waals surface area contributed by atoms with Gasteiger partial charge in [-0.1, -0.05) is 29.8 Å². The molecule has 4 nitrogen and oxygen atoms in total. The van der Waals surface area contributed by atoms with Crippen LogP contribution in [-0.4, -0.2) is 28.4 Å². The zero-order chi connectivity index (χ0) is 15.0. The van der Waals surface area contributed by atoms with E-state index in [1.807, 2.05) is 6.07 Å². The first kappa shape index (κ1) is 16.9. The molecule has 0 aliphatic carbocycles. The monoisotopic (exact) mass is 385 g/mol. The summed E-state index contributed by atoms with van der Waals surface area (Å²) in [4.78, 5) is 0. The Kier molecular flexibility index (Phi) is 5.21. The number of phenols is 3. The molecule has 2 atom stereocenters. The lowest BCUT2D eigenvalue weighted by Crippen LogP contribution is -2.09. The number of benzene rings is 2. The molecule has 1 heterocycles. The van der Waals surface area contributed by atoms with Gasteiger partial charge in [0, 0.05) is 24.9 Å². The van der Waals surface area contributed by atoms with Crippen molar-refractivity contribution in [2.45, 2.75) is 11.8 Å². The standard InChI is InChI=1S/C16H16ClNO3.BrH/c17-16-10(2-1-3-14(16)20)12-8-18-7-11(12)9-4-5-13(19)15(21)6-9;/h1-6,11-12,18-21H,7-8H2;1H. The molecule has 0 amide bonds. The minimum absolute atomic E-state index is 0. The van der Waals surface area contributed by atoms with Crippen molar-refractivity contribution in [1.29, 1.82) is 0 Å². The maximum atomic E-state index is 9.77. The number of phenolic OH excluding ortho intramolecular Hbond substituents is 3. The van der Waals surface area contributed by atoms with Crippen molar-refractivity contribution in [3.8, 4) is 17.2 Å². The number of nitrogens with one attached hydrogen (secondary N) is 1. The van der Waals surface area contributed by atoms with Gasteiger partial charge in [0.25, 0.3) is 0 Å². The van der Waals surface area contributed by atoms with Crippen LogP contribution in [0.3, 0.4) is 0 Å². The van der Waals surface area contributed by atoms with Crippen LogP contribution in [0.4, 0.5) is 0 Å². The van der Waals surface area contributed by atoms with Crippen LogP contribution in [0.15, 0.2) is 36.4 Å². The second-order valence-electron chi connectivity index (χ2n) is 5.30. The van der Waals surface area contributed by atoms with Crippen LogP contribution in [-0.2, 0) is 0 Å². The Balaban J connectivity index is 0.00000176. The summed E-state index contributed by atoms with van der Waals surface area (Å²) in [6, 6.07) is 10.1. The molecule has 0 aromatic heterocycles. The molecule has 0 radical (unpaired) electrons. The van der Waals surface area contributed by atoms with Crippen LogP contribution in [0, 0.1) is 0 Å². The summed E-state index contributed by atoms with van der Waals surface area (Å²) in [7, 11) is 0. The van der Waals surface area contributed by atoms with Crippen LogP contribution in [0.1, 0.15) is 23.0 Å². The second-order valence-corrected chi connectivity index (χ2v) is 5.68. The Morgan fingerprint density at radius 3 is 2.36 bits per heavy atom. The summed E-state index contributed by atoms with van der Waals surface area (Å²) < 4.78 is 0. The van der Waals surface area contributed by atoms with Crippen molar-refractivity contribution < 1.29 is 15.3 Å². The lowest BCUT2D eigenvalue weighted by molar-refractivity contribution is 0.402. The molecule has 6 heteroatoms. The van der Waals surface area contributed by atoms with Gasteiger partial charge in [0.05, 0.1) is 5.02 Å². The number of hydrogen-bond acceptors (Lipinski definition) is 4. The highest BCUT2D eigenvalue weighted by Gasteiger charge is 2.32. The fourth-order valence-corrected chi connectivity index (χ4v) is 3.22.